The number of hydrogen-bond donors (Lipinski definition) is 0. The summed E-state index contributed by atoms with van der Waals surface area (Å²) in [5.41, 5.74) is 7.94. The van der Waals surface area contributed by atoms with Crippen molar-refractivity contribution in [1.29, 1.82) is 5.26 Å². The summed E-state index contributed by atoms with van der Waals surface area (Å²) in [5.74, 6) is -2.59. The number of azide groups is 1. The van der Waals surface area contributed by atoms with E-state index in [1.807, 2.05) is 0 Å². The molecule has 0 aromatic carbocycles. The summed E-state index contributed by atoms with van der Waals surface area (Å²) in [4.78, 5) is 13.7. The van der Waals surface area contributed by atoms with Crippen molar-refractivity contribution in [3.63, 3.8) is 0 Å². The van der Waals surface area contributed by atoms with Gasteiger partial charge in [-0.3, -0.25) is 4.79 Å². The van der Waals surface area contributed by atoms with Crippen molar-refractivity contribution in [2.24, 2.45) is 10.5 Å². The highest BCUT2D eigenvalue weighted by Gasteiger charge is 2.49. The standard InChI is InChI=1S/C10H16N4O3/c1-7(15)17-10(6-11,16-5)8(13-14-12)9(2,3)4/h8H,1-5H3. The lowest BCUT2D eigenvalue weighted by Crippen LogP contribution is -2.51. The number of rotatable bonds is 4. The van der Waals surface area contributed by atoms with Crippen LogP contribution in [0.15, 0.2) is 5.11 Å². The summed E-state index contributed by atoms with van der Waals surface area (Å²) >= 11 is 0. The van der Waals surface area contributed by atoms with Crippen LogP contribution in [-0.2, 0) is 14.3 Å². The fourth-order valence-corrected chi connectivity index (χ4v) is 1.42. The Balaban J connectivity index is 5.62. The van der Waals surface area contributed by atoms with Crippen LogP contribution in [0, 0.1) is 16.7 Å². The van der Waals surface area contributed by atoms with Crippen LogP contribution in [0.25, 0.3) is 10.4 Å². The first-order chi connectivity index (χ1) is 7.73. The maximum Gasteiger partial charge on any atom is 0.311 e. The van der Waals surface area contributed by atoms with Gasteiger partial charge in [0.1, 0.15) is 12.1 Å². The van der Waals surface area contributed by atoms with Crippen molar-refractivity contribution in [3.8, 4) is 6.07 Å². The second-order valence-corrected chi connectivity index (χ2v) is 4.55. The molecule has 0 radical (unpaired) electrons. The van der Waals surface area contributed by atoms with Crippen LogP contribution in [-0.4, -0.2) is 24.9 Å². The Kier molecular flexibility index (Phi) is 4.95. The normalized spacial score (nSPS) is 16.0. The smallest absolute Gasteiger partial charge is 0.311 e. The molecule has 0 saturated carbocycles. The zero-order valence-corrected chi connectivity index (χ0v) is 10.6. The van der Waals surface area contributed by atoms with E-state index >= 15 is 0 Å². The van der Waals surface area contributed by atoms with Gasteiger partial charge in [0, 0.05) is 18.9 Å². The molecule has 7 heteroatoms. The van der Waals surface area contributed by atoms with E-state index in [9.17, 15) is 4.79 Å². The summed E-state index contributed by atoms with van der Waals surface area (Å²) in [7, 11) is 1.22. The molecule has 0 aliphatic heterocycles. The third-order valence-corrected chi connectivity index (χ3v) is 2.10. The molecular weight excluding hydrogens is 224 g/mol. The highest BCUT2D eigenvalue weighted by molar-refractivity contribution is 5.67. The van der Waals surface area contributed by atoms with Gasteiger partial charge in [0.2, 0.25) is 0 Å². The van der Waals surface area contributed by atoms with Gasteiger partial charge in [0.05, 0.1) is 0 Å². The molecule has 7 nitrogen and oxygen atoms in total. The molecule has 0 aromatic heterocycles. The largest absolute Gasteiger partial charge is 0.419 e. The third-order valence-electron chi connectivity index (χ3n) is 2.10. The van der Waals surface area contributed by atoms with Crippen molar-refractivity contribution in [3.05, 3.63) is 10.4 Å². The lowest BCUT2D eigenvalue weighted by molar-refractivity contribution is -0.210. The molecule has 94 valence electrons. The van der Waals surface area contributed by atoms with Crippen LogP contribution in [0.5, 0.6) is 0 Å². The first kappa shape index (κ1) is 15.2. The van der Waals surface area contributed by atoms with Crippen LogP contribution in [0.2, 0.25) is 0 Å². The molecule has 0 fully saturated rings. The lowest BCUT2D eigenvalue weighted by Gasteiger charge is -2.37. The summed E-state index contributed by atoms with van der Waals surface area (Å²) in [6.45, 7) is 6.41. The van der Waals surface area contributed by atoms with Gasteiger partial charge in [-0.1, -0.05) is 25.9 Å². The van der Waals surface area contributed by atoms with Gasteiger partial charge in [-0.05, 0) is 10.9 Å². The van der Waals surface area contributed by atoms with Crippen molar-refractivity contribution in [2.75, 3.05) is 7.11 Å². The summed E-state index contributed by atoms with van der Waals surface area (Å²) in [5, 5.41) is 12.7. The van der Waals surface area contributed by atoms with E-state index in [1.165, 1.54) is 7.11 Å². The average Bonchev–Trinajstić information content (AvgIpc) is 2.21. The lowest BCUT2D eigenvalue weighted by atomic mass is 9.82. The van der Waals surface area contributed by atoms with Gasteiger partial charge < -0.3 is 9.47 Å². The Morgan fingerprint density at radius 1 is 1.53 bits per heavy atom. The van der Waals surface area contributed by atoms with Crippen molar-refractivity contribution >= 4 is 5.97 Å². The Labute approximate surface area is 99.9 Å². The minimum atomic E-state index is -1.91. The molecule has 0 aliphatic rings. The van der Waals surface area contributed by atoms with E-state index in [0.29, 0.717) is 0 Å². The van der Waals surface area contributed by atoms with Gasteiger partial charge in [0.25, 0.3) is 0 Å². The van der Waals surface area contributed by atoms with E-state index in [1.54, 1.807) is 26.8 Å². The average molecular weight is 240 g/mol. The van der Waals surface area contributed by atoms with E-state index in [2.05, 4.69) is 10.0 Å². The van der Waals surface area contributed by atoms with Crippen LogP contribution in [0.1, 0.15) is 27.7 Å². The van der Waals surface area contributed by atoms with Crippen molar-refractivity contribution < 1.29 is 14.3 Å². The fourth-order valence-electron chi connectivity index (χ4n) is 1.42. The van der Waals surface area contributed by atoms with Crippen LogP contribution in [0.4, 0.5) is 0 Å². The van der Waals surface area contributed by atoms with Crippen molar-refractivity contribution in [1.82, 2.24) is 0 Å². The first-order valence-corrected chi connectivity index (χ1v) is 4.93. The molecule has 0 saturated heterocycles. The zero-order chi connectivity index (χ0) is 13.7. The second-order valence-electron chi connectivity index (χ2n) is 4.55. The van der Waals surface area contributed by atoms with Gasteiger partial charge in [-0.15, -0.1) is 0 Å². The highest BCUT2D eigenvalue weighted by Crippen LogP contribution is 2.34. The monoisotopic (exact) mass is 240 g/mol. The van der Waals surface area contributed by atoms with Gasteiger partial charge in [-0.2, -0.15) is 5.26 Å². The second kappa shape index (κ2) is 5.53. The molecule has 0 spiro atoms. The molecule has 2 unspecified atom stereocenters. The number of nitrogens with zero attached hydrogens (tertiary/aromatic N) is 4. The fraction of sp³-hybridized carbons (Fsp3) is 0.800. The molecular formula is C10H16N4O3. The predicted molar refractivity (Wildman–Crippen MR) is 59.5 cm³/mol. The van der Waals surface area contributed by atoms with E-state index < -0.39 is 23.2 Å². The number of methoxy groups -OCH3 is 1. The molecule has 17 heavy (non-hydrogen) atoms. The van der Waals surface area contributed by atoms with E-state index in [-0.39, 0.29) is 0 Å². The number of esters is 1. The number of carbonyl (C=O) groups is 1. The molecule has 0 amide bonds. The summed E-state index contributed by atoms with van der Waals surface area (Å²) < 4.78 is 9.86. The molecule has 0 N–H and O–H groups in total. The zero-order valence-electron chi connectivity index (χ0n) is 10.6. The first-order valence-electron chi connectivity index (χ1n) is 4.93. The summed E-state index contributed by atoms with van der Waals surface area (Å²) in [6.07, 6.45) is 0. The van der Waals surface area contributed by atoms with Crippen LogP contribution in [0.3, 0.4) is 0 Å². The Hall–Kier alpha value is -1.77. The molecule has 2 atom stereocenters. The summed E-state index contributed by atoms with van der Waals surface area (Å²) in [6, 6.07) is 0.799. The number of ether oxygens (including phenoxy) is 2. The maximum atomic E-state index is 11.0. The van der Waals surface area contributed by atoms with Crippen LogP contribution < -0.4 is 0 Å². The molecule has 0 aromatic rings. The maximum absolute atomic E-state index is 11.0. The molecule has 0 rings (SSSR count). The minimum absolute atomic E-state index is 0.604. The van der Waals surface area contributed by atoms with E-state index in [4.69, 9.17) is 20.3 Å². The molecule has 0 heterocycles. The number of hydrogen-bond acceptors (Lipinski definition) is 5. The van der Waals surface area contributed by atoms with Gasteiger partial charge >= 0.3 is 11.8 Å². The predicted octanol–water partition coefficient (Wildman–Crippen LogP) is 2.14. The van der Waals surface area contributed by atoms with Crippen molar-refractivity contribution in [2.45, 2.75) is 39.5 Å². The SMILES string of the molecule is COC(C#N)(OC(C)=O)C(N=[N+]=[N-])C(C)(C)C. The van der Waals surface area contributed by atoms with Gasteiger partial charge in [-0.25, -0.2) is 0 Å². The molecule has 0 bridgehead atoms. The number of carbonyl (C=O) groups excluding carboxylic acids is 1. The Morgan fingerprint density at radius 2 is 2.06 bits per heavy atom. The van der Waals surface area contributed by atoms with E-state index in [0.717, 1.165) is 6.92 Å². The topological polar surface area (TPSA) is 108 Å². The third kappa shape index (κ3) is 3.63. The quantitative estimate of drug-likeness (QED) is 0.246. The molecule has 0 aliphatic carbocycles. The van der Waals surface area contributed by atoms with Gasteiger partial charge in [0.15, 0.2) is 0 Å². The highest BCUT2D eigenvalue weighted by atomic mass is 16.7. The Morgan fingerprint density at radius 3 is 2.29 bits per heavy atom. The number of nitriles is 1. The minimum Gasteiger partial charge on any atom is -0.419 e. The van der Waals surface area contributed by atoms with Crippen LogP contribution >= 0.6 is 0 Å². The Bertz CT molecular complexity index is 376.